The first kappa shape index (κ1) is 17.6. The van der Waals surface area contributed by atoms with E-state index in [9.17, 15) is 4.79 Å². The van der Waals surface area contributed by atoms with Crippen LogP contribution in [0.4, 0.5) is 0 Å². The lowest BCUT2D eigenvalue weighted by Crippen LogP contribution is -2.37. The minimum atomic E-state index is -0.0697. The fourth-order valence-electron chi connectivity index (χ4n) is 2.90. The second-order valence-corrected chi connectivity index (χ2v) is 5.95. The highest BCUT2D eigenvalue weighted by molar-refractivity contribution is 5.79. The molecule has 5 heteroatoms. The normalized spacial score (nSPS) is 13.5. The zero-order chi connectivity index (χ0) is 18.4. The summed E-state index contributed by atoms with van der Waals surface area (Å²) in [7, 11) is 1.51. The van der Waals surface area contributed by atoms with Crippen molar-refractivity contribution in [3.8, 4) is 17.6 Å². The summed E-state index contributed by atoms with van der Waals surface area (Å²) in [6, 6.07) is 17.1. The number of nitrogens with zero attached hydrogens (tertiary/aromatic N) is 2. The average molecular weight is 348 g/mol. The molecule has 1 aliphatic heterocycles. The molecule has 0 spiro atoms. The van der Waals surface area contributed by atoms with E-state index in [1.165, 1.54) is 18.2 Å². The first-order chi connectivity index (χ1) is 12.7. The van der Waals surface area contributed by atoms with Gasteiger partial charge in [0.05, 0.1) is 18.7 Å². The Labute approximate surface area is 153 Å². The molecule has 0 N–H and O–H groups in total. The molecule has 2 aromatic rings. The van der Waals surface area contributed by atoms with Crippen molar-refractivity contribution in [2.75, 3.05) is 26.8 Å². The Morgan fingerprint density at radius 2 is 2.00 bits per heavy atom. The minimum Gasteiger partial charge on any atom is -0.493 e. The maximum atomic E-state index is 12.4. The second-order valence-electron chi connectivity index (χ2n) is 5.95. The number of methoxy groups -OCH3 is 1. The number of carbonyl (C=O) groups is 1. The number of rotatable bonds is 5. The molecule has 26 heavy (non-hydrogen) atoms. The summed E-state index contributed by atoms with van der Waals surface area (Å²) in [6.07, 6.45) is 2.93. The lowest BCUT2D eigenvalue weighted by atomic mass is 10.00. The third-order valence-electron chi connectivity index (χ3n) is 4.35. The quantitative estimate of drug-likeness (QED) is 0.832. The van der Waals surface area contributed by atoms with Crippen LogP contribution in [0.25, 0.3) is 5.57 Å². The minimum absolute atomic E-state index is 0.0588. The summed E-state index contributed by atoms with van der Waals surface area (Å²) in [5.41, 5.74) is 2.96. The molecule has 3 rings (SSSR count). The van der Waals surface area contributed by atoms with E-state index in [0.29, 0.717) is 30.2 Å². The van der Waals surface area contributed by atoms with Gasteiger partial charge in [-0.3, -0.25) is 4.79 Å². The number of benzene rings is 2. The molecule has 5 nitrogen and oxygen atoms in total. The summed E-state index contributed by atoms with van der Waals surface area (Å²) in [5.74, 6) is 0.832. The van der Waals surface area contributed by atoms with Gasteiger partial charge >= 0.3 is 0 Å². The fourth-order valence-corrected chi connectivity index (χ4v) is 2.90. The average Bonchev–Trinajstić information content (AvgIpc) is 2.72. The number of nitriles is 1. The first-order valence-electron chi connectivity index (χ1n) is 8.44. The van der Waals surface area contributed by atoms with Crippen molar-refractivity contribution in [2.45, 2.75) is 6.42 Å². The van der Waals surface area contributed by atoms with Crippen molar-refractivity contribution in [1.82, 2.24) is 4.90 Å². The molecular weight excluding hydrogens is 328 g/mol. The molecule has 0 fully saturated rings. The van der Waals surface area contributed by atoms with Crippen LogP contribution in [-0.2, 0) is 4.79 Å². The molecule has 0 atom stereocenters. The van der Waals surface area contributed by atoms with Crippen LogP contribution < -0.4 is 9.47 Å². The Hall–Kier alpha value is -3.26. The summed E-state index contributed by atoms with van der Waals surface area (Å²) < 4.78 is 10.8. The number of hydrogen-bond donors (Lipinski definition) is 0. The highest BCUT2D eigenvalue weighted by Gasteiger charge is 2.19. The molecule has 0 unspecified atom stereocenters. The molecule has 1 aliphatic rings. The Kier molecular flexibility index (Phi) is 5.55. The van der Waals surface area contributed by atoms with Gasteiger partial charge in [-0.15, -0.1) is 0 Å². The molecule has 0 aromatic heterocycles. The van der Waals surface area contributed by atoms with Gasteiger partial charge in [-0.2, -0.15) is 5.26 Å². The van der Waals surface area contributed by atoms with Crippen molar-refractivity contribution in [3.05, 3.63) is 65.7 Å². The van der Waals surface area contributed by atoms with Gasteiger partial charge in [0, 0.05) is 19.2 Å². The number of ether oxygens (including phenoxy) is 2. The fraction of sp³-hybridized carbons (Fsp3) is 0.238. The Morgan fingerprint density at radius 3 is 2.65 bits per heavy atom. The predicted octanol–water partition coefficient (Wildman–Crippen LogP) is 3.26. The summed E-state index contributed by atoms with van der Waals surface area (Å²) in [4.78, 5) is 14.2. The molecule has 0 saturated carbocycles. The van der Waals surface area contributed by atoms with Crippen molar-refractivity contribution in [2.24, 2.45) is 0 Å². The molecule has 0 bridgehead atoms. The third kappa shape index (κ3) is 4.04. The first-order valence-corrected chi connectivity index (χ1v) is 8.44. The van der Waals surface area contributed by atoms with Gasteiger partial charge in [0.25, 0.3) is 5.91 Å². The van der Waals surface area contributed by atoms with E-state index in [4.69, 9.17) is 14.7 Å². The number of amides is 1. The zero-order valence-corrected chi connectivity index (χ0v) is 14.6. The Bertz CT molecular complexity index is 853. The molecule has 1 heterocycles. The van der Waals surface area contributed by atoms with E-state index in [0.717, 1.165) is 6.42 Å². The predicted molar refractivity (Wildman–Crippen MR) is 98.8 cm³/mol. The lowest BCUT2D eigenvalue weighted by Gasteiger charge is -2.26. The molecule has 0 radical (unpaired) electrons. The topological polar surface area (TPSA) is 62.6 Å². The molecule has 1 amide bonds. The highest BCUT2D eigenvalue weighted by Crippen LogP contribution is 2.28. The smallest absolute Gasteiger partial charge is 0.260 e. The van der Waals surface area contributed by atoms with Crippen LogP contribution in [0.3, 0.4) is 0 Å². The van der Waals surface area contributed by atoms with Gasteiger partial charge in [0.15, 0.2) is 18.1 Å². The molecular formula is C21H20N2O3. The number of carbonyl (C=O) groups excluding carboxylic acids is 1. The van der Waals surface area contributed by atoms with Gasteiger partial charge in [-0.05, 0) is 29.7 Å². The molecule has 0 saturated heterocycles. The van der Waals surface area contributed by atoms with Gasteiger partial charge < -0.3 is 14.4 Å². The van der Waals surface area contributed by atoms with Gasteiger partial charge in [-0.1, -0.05) is 36.4 Å². The van der Waals surface area contributed by atoms with Crippen molar-refractivity contribution in [1.29, 1.82) is 5.26 Å². The third-order valence-corrected chi connectivity index (χ3v) is 4.35. The van der Waals surface area contributed by atoms with E-state index in [1.807, 2.05) is 24.3 Å². The largest absolute Gasteiger partial charge is 0.493 e. The van der Waals surface area contributed by atoms with Gasteiger partial charge in [0.1, 0.15) is 0 Å². The van der Waals surface area contributed by atoms with Crippen LogP contribution in [0.5, 0.6) is 11.5 Å². The van der Waals surface area contributed by atoms with Crippen LogP contribution >= 0.6 is 0 Å². The zero-order valence-electron chi connectivity index (χ0n) is 14.6. The molecule has 0 aliphatic carbocycles. The van der Waals surface area contributed by atoms with Crippen LogP contribution in [0, 0.1) is 11.3 Å². The Balaban J connectivity index is 1.58. The van der Waals surface area contributed by atoms with Crippen molar-refractivity contribution < 1.29 is 14.3 Å². The Morgan fingerprint density at radius 1 is 1.19 bits per heavy atom. The van der Waals surface area contributed by atoms with Crippen molar-refractivity contribution >= 4 is 11.5 Å². The summed E-state index contributed by atoms with van der Waals surface area (Å²) in [6.45, 7) is 1.20. The van der Waals surface area contributed by atoms with Crippen LogP contribution in [0.2, 0.25) is 0 Å². The second kappa shape index (κ2) is 8.21. The summed E-state index contributed by atoms with van der Waals surface area (Å²) >= 11 is 0. The maximum Gasteiger partial charge on any atom is 0.260 e. The van der Waals surface area contributed by atoms with E-state index >= 15 is 0 Å². The van der Waals surface area contributed by atoms with Gasteiger partial charge in [-0.25, -0.2) is 0 Å². The molecule has 132 valence electrons. The standard InChI is InChI=1S/C21H20N2O3/c1-25-20-13-16(14-22)7-8-19(20)26-15-21(24)23-11-9-18(10-12-23)17-5-3-2-4-6-17/h2-9,13H,10-12,15H2,1H3. The maximum absolute atomic E-state index is 12.4. The SMILES string of the molecule is COc1cc(C#N)ccc1OCC(=O)N1CC=C(c2ccccc2)CC1. The highest BCUT2D eigenvalue weighted by atomic mass is 16.5. The van der Waals surface area contributed by atoms with Crippen molar-refractivity contribution in [3.63, 3.8) is 0 Å². The van der Waals surface area contributed by atoms with Crippen LogP contribution in [-0.4, -0.2) is 37.6 Å². The van der Waals surface area contributed by atoms with Crippen LogP contribution in [0.1, 0.15) is 17.5 Å². The lowest BCUT2D eigenvalue weighted by molar-refractivity contribution is -0.132. The molecule has 2 aromatic carbocycles. The van der Waals surface area contributed by atoms with E-state index < -0.39 is 0 Å². The van der Waals surface area contributed by atoms with E-state index in [2.05, 4.69) is 18.2 Å². The monoisotopic (exact) mass is 348 g/mol. The summed E-state index contributed by atoms with van der Waals surface area (Å²) in [5, 5.41) is 8.93. The van der Waals surface area contributed by atoms with Crippen LogP contribution in [0.15, 0.2) is 54.6 Å². The van der Waals surface area contributed by atoms with Gasteiger partial charge in [0.2, 0.25) is 0 Å². The van der Waals surface area contributed by atoms with E-state index in [1.54, 1.807) is 23.1 Å². The van der Waals surface area contributed by atoms with E-state index in [-0.39, 0.29) is 12.5 Å². The number of hydrogen-bond acceptors (Lipinski definition) is 4.